The van der Waals surface area contributed by atoms with Crippen LogP contribution in [0.25, 0.3) is 11.0 Å². The Hall–Kier alpha value is -4.72. The lowest BCUT2D eigenvalue weighted by Gasteiger charge is -2.38. The van der Waals surface area contributed by atoms with Gasteiger partial charge in [-0.1, -0.05) is 42.3 Å². The zero-order valence-electron chi connectivity index (χ0n) is 27.9. The van der Waals surface area contributed by atoms with Crippen molar-refractivity contribution >= 4 is 63.5 Å². The maximum atomic E-state index is 14.3. The second-order valence-electron chi connectivity index (χ2n) is 12.2. The monoisotopic (exact) mass is 753 g/mol. The van der Waals surface area contributed by atoms with E-state index in [0.717, 1.165) is 4.90 Å². The van der Waals surface area contributed by atoms with Gasteiger partial charge in [0, 0.05) is 59.3 Å². The molecule has 6 rings (SSSR count). The molecule has 0 saturated carbocycles. The fourth-order valence-electron chi connectivity index (χ4n) is 6.80. The van der Waals surface area contributed by atoms with E-state index in [1.165, 1.54) is 42.7 Å². The van der Waals surface area contributed by atoms with Crippen LogP contribution in [0, 0.1) is 5.92 Å². The average molecular weight is 755 g/mol. The molecule has 3 N–H and O–H groups in total. The minimum absolute atomic E-state index is 0.00111. The van der Waals surface area contributed by atoms with Crippen molar-refractivity contribution in [2.45, 2.75) is 42.7 Å². The van der Waals surface area contributed by atoms with Crippen molar-refractivity contribution in [1.29, 1.82) is 0 Å². The van der Waals surface area contributed by atoms with Crippen molar-refractivity contribution in [1.82, 2.24) is 14.9 Å². The van der Waals surface area contributed by atoms with Crippen molar-refractivity contribution < 1.29 is 33.7 Å². The SMILES string of the molecule is COc1cc(OC)c2c(c1Cl)O[C@]1(C2=O)C(O)=C(C(CC(=O)NCCn2c(=O)c(=O)[nH]c3cc(Cl)ccc32)c2ccc(SC)cc2)C(=O)C[C@H]1C. The first-order valence-electron chi connectivity index (χ1n) is 15.8. The summed E-state index contributed by atoms with van der Waals surface area (Å²) in [5.41, 5.74) is -2.50. The van der Waals surface area contributed by atoms with E-state index in [4.69, 9.17) is 37.4 Å². The van der Waals surface area contributed by atoms with Crippen LogP contribution >= 0.6 is 35.0 Å². The number of methoxy groups -OCH3 is 2. The van der Waals surface area contributed by atoms with E-state index < -0.39 is 51.8 Å². The first-order valence-corrected chi connectivity index (χ1v) is 17.8. The number of rotatable bonds is 10. The Morgan fingerprint density at radius 2 is 1.80 bits per heavy atom. The fraction of sp³-hybridized carbons (Fsp3) is 0.306. The van der Waals surface area contributed by atoms with Gasteiger partial charge in [0.25, 0.3) is 0 Å². The Kier molecular flexibility index (Phi) is 9.99. The molecule has 1 unspecified atom stereocenters. The molecule has 0 bridgehead atoms. The number of aromatic nitrogens is 2. The van der Waals surface area contributed by atoms with Crippen LogP contribution < -0.4 is 30.6 Å². The molecule has 1 aliphatic carbocycles. The molecular formula is C36H33Cl2N3O9S. The first kappa shape index (κ1) is 36.1. The maximum absolute atomic E-state index is 14.3. The topological polar surface area (TPSA) is 166 Å². The minimum atomic E-state index is -2.03. The molecule has 51 heavy (non-hydrogen) atoms. The summed E-state index contributed by atoms with van der Waals surface area (Å²) in [7, 11) is 2.76. The number of fused-ring (bicyclic) bond motifs is 2. The van der Waals surface area contributed by atoms with Gasteiger partial charge in [-0.3, -0.25) is 24.0 Å². The van der Waals surface area contributed by atoms with E-state index in [1.807, 2.05) is 18.4 Å². The number of Topliss-reactive ketones (excluding diaryl/α,β-unsaturated/α-hetero) is 2. The molecule has 2 aliphatic rings. The van der Waals surface area contributed by atoms with Crippen LogP contribution in [-0.4, -0.2) is 64.8 Å². The fourth-order valence-corrected chi connectivity index (χ4v) is 7.64. The number of aliphatic hydroxyl groups is 1. The molecule has 0 saturated heterocycles. The number of allylic oxidation sites excluding steroid dienone is 1. The van der Waals surface area contributed by atoms with Crippen LogP contribution in [0.4, 0.5) is 0 Å². The summed E-state index contributed by atoms with van der Waals surface area (Å²) < 4.78 is 18.4. The number of nitrogens with zero attached hydrogens (tertiary/aromatic N) is 1. The van der Waals surface area contributed by atoms with Crippen molar-refractivity contribution in [2.75, 3.05) is 27.0 Å². The Morgan fingerprint density at radius 1 is 1.10 bits per heavy atom. The molecule has 266 valence electrons. The van der Waals surface area contributed by atoms with Gasteiger partial charge in [0.05, 0.1) is 25.3 Å². The summed E-state index contributed by atoms with van der Waals surface area (Å²) in [6.07, 6.45) is 1.41. The molecular weight excluding hydrogens is 721 g/mol. The third-order valence-corrected chi connectivity index (χ3v) is 10.7. The number of ether oxygens (including phenoxy) is 3. The van der Waals surface area contributed by atoms with Gasteiger partial charge in [-0.2, -0.15) is 0 Å². The van der Waals surface area contributed by atoms with Crippen molar-refractivity contribution in [3.8, 4) is 17.2 Å². The Bertz CT molecular complexity index is 2250. The molecule has 1 spiro atoms. The van der Waals surface area contributed by atoms with Crippen LogP contribution in [-0.2, 0) is 16.1 Å². The standard InChI is InChI=1S/C36H33Cl2N3O9S/c1-17-13-24(42)28(32(44)36(17)33(45)29-25(48-2)16-26(49-3)30(38)31(29)50-36)21(18-5-8-20(51-4)9-6-18)15-27(43)39-11-12-41-23-10-7-19(37)14-22(23)40-34(46)35(41)47/h5-10,14,16-17,21,44H,11-13,15H2,1-4H3,(H,39,43)(H,40,46)/t17-,21?,36+/m1/s1. The summed E-state index contributed by atoms with van der Waals surface area (Å²) in [6, 6.07) is 13.3. The number of halogens is 2. The quantitative estimate of drug-likeness (QED) is 0.140. The summed E-state index contributed by atoms with van der Waals surface area (Å²) >= 11 is 14.2. The highest BCUT2D eigenvalue weighted by Gasteiger charge is 2.61. The highest BCUT2D eigenvalue weighted by molar-refractivity contribution is 7.98. The number of hydrogen-bond donors (Lipinski definition) is 3. The molecule has 0 fully saturated rings. The number of nitrogens with one attached hydrogen (secondary N) is 2. The number of H-pyrrole nitrogens is 1. The maximum Gasteiger partial charge on any atom is 0.316 e. The third kappa shape index (κ3) is 6.17. The number of aromatic amines is 1. The Balaban J connectivity index is 1.37. The van der Waals surface area contributed by atoms with Crippen LogP contribution in [0.15, 0.2) is 74.3 Å². The normalized spacial score (nSPS) is 18.9. The lowest BCUT2D eigenvalue weighted by atomic mass is 9.69. The molecule has 0 radical (unpaired) electrons. The van der Waals surface area contributed by atoms with Crippen LogP contribution in [0.1, 0.15) is 41.6 Å². The highest BCUT2D eigenvalue weighted by atomic mass is 35.5. The van der Waals surface area contributed by atoms with Crippen molar-refractivity contribution in [2.24, 2.45) is 5.92 Å². The first-order chi connectivity index (χ1) is 24.4. The smallest absolute Gasteiger partial charge is 0.316 e. The second-order valence-corrected chi connectivity index (χ2v) is 13.9. The number of aliphatic hydroxyl groups excluding tert-OH is 1. The molecule has 4 aromatic rings. The number of thioether (sulfide) groups is 1. The molecule has 1 aromatic heterocycles. The van der Waals surface area contributed by atoms with Crippen LogP contribution in [0.5, 0.6) is 17.2 Å². The molecule has 3 atom stereocenters. The van der Waals surface area contributed by atoms with Gasteiger partial charge in [-0.25, -0.2) is 0 Å². The van der Waals surface area contributed by atoms with Crippen molar-refractivity contribution in [3.63, 3.8) is 0 Å². The number of amides is 1. The predicted molar refractivity (Wildman–Crippen MR) is 193 cm³/mol. The largest absolute Gasteiger partial charge is 0.507 e. The average Bonchev–Trinajstić information content (AvgIpc) is 3.43. The summed E-state index contributed by atoms with van der Waals surface area (Å²) in [5.74, 6) is -3.82. The van der Waals surface area contributed by atoms with Gasteiger partial charge < -0.3 is 34.2 Å². The van der Waals surface area contributed by atoms with E-state index in [0.29, 0.717) is 21.6 Å². The summed E-state index contributed by atoms with van der Waals surface area (Å²) in [5, 5.41) is 15.2. The molecule has 1 aliphatic heterocycles. The van der Waals surface area contributed by atoms with Crippen molar-refractivity contribution in [3.05, 3.63) is 102 Å². The number of carbonyl (C=O) groups excluding carboxylic acids is 3. The number of hydrogen-bond acceptors (Lipinski definition) is 10. The van der Waals surface area contributed by atoms with Gasteiger partial charge >= 0.3 is 11.1 Å². The van der Waals surface area contributed by atoms with Gasteiger partial charge in [0.2, 0.25) is 17.3 Å². The number of ketones is 2. The van der Waals surface area contributed by atoms with E-state index in [2.05, 4.69) is 10.3 Å². The van der Waals surface area contributed by atoms with Gasteiger partial charge in [0.1, 0.15) is 22.1 Å². The molecule has 12 nitrogen and oxygen atoms in total. The molecule has 1 amide bonds. The zero-order chi connectivity index (χ0) is 36.8. The number of carbonyl (C=O) groups is 3. The number of benzene rings is 3. The second kappa shape index (κ2) is 14.1. The lowest BCUT2D eigenvalue weighted by Crippen LogP contribution is -2.53. The van der Waals surface area contributed by atoms with E-state index >= 15 is 0 Å². The summed E-state index contributed by atoms with van der Waals surface area (Å²) in [6.45, 7) is 1.53. The minimum Gasteiger partial charge on any atom is -0.507 e. The Morgan fingerprint density at radius 3 is 2.47 bits per heavy atom. The van der Waals surface area contributed by atoms with E-state index in [-0.39, 0.29) is 59.3 Å². The zero-order valence-corrected chi connectivity index (χ0v) is 30.3. The lowest BCUT2D eigenvalue weighted by molar-refractivity contribution is -0.121. The van der Waals surface area contributed by atoms with E-state index in [1.54, 1.807) is 31.2 Å². The van der Waals surface area contributed by atoms with Gasteiger partial charge in [0.15, 0.2) is 17.3 Å². The van der Waals surface area contributed by atoms with Gasteiger partial charge in [-0.15, -0.1) is 11.8 Å². The third-order valence-electron chi connectivity index (χ3n) is 9.36. The van der Waals surface area contributed by atoms with E-state index in [9.17, 15) is 29.1 Å². The predicted octanol–water partition coefficient (Wildman–Crippen LogP) is 5.46. The van der Waals surface area contributed by atoms with Gasteiger partial charge in [-0.05, 0) is 42.2 Å². The molecule has 2 heterocycles. The Labute approximate surface area is 305 Å². The molecule has 3 aromatic carbocycles. The molecule has 15 heteroatoms. The highest BCUT2D eigenvalue weighted by Crippen LogP contribution is 2.55. The van der Waals surface area contributed by atoms with Crippen LogP contribution in [0.2, 0.25) is 10.0 Å². The van der Waals surface area contributed by atoms with Crippen LogP contribution in [0.3, 0.4) is 0 Å². The summed E-state index contributed by atoms with van der Waals surface area (Å²) in [4.78, 5) is 70.3.